The molecule has 0 aromatic carbocycles. The SMILES string of the molecule is CC/C=C\C/C=C\C/C=C\C/C=C\C/C=C\C/C=C\CCC(=O)ON. The number of hydrogen-bond donors (Lipinski definition) is 1. The van der Waals surface area contributed by atoms with E-state index in [1.807, 2.05) is 12.2 Å². The molecule has 0 spiro atoms. The lowest BCUT2D eigenvalue weighted by Crippen LogP contribution is -2.08. The summed E-state index contributed by atoms with van der Waals surface area (Å²) in [6.45, 7) is 2.15. The maximum atomic E-state index is 10.8. The Labute approximate surface area is 153 Å². The zero-order valence-electron chi connectivity index (χ0n) is 15.5. The van der Waals surface area contributed by atoms with E-state index in [4.69, 9.17) is 5.90 Å². The molecule has 0 amide bonds. The minimum atomic E-state index is -0.375. The second kappa shape index (κ2) is 19.9. The fraction of sp³-hybridized carbons (Fsp3) is 0.409. The summed E-state index contributed by atoms with van der Waals surface area (Å²) in [5.74, 6) is 4.38. The quantitative estimate of drug-likeness (QED) is 0.316. The van der Waals surface area contributed by atoms with Gasteiger partial charge < -0.3 is 4.84 Å². The minimum Gasteiger partial charge on any atom is -0.373 e. The van der Waals surface area contributed by atoms with Gasteiger partial charge >= 0.3 is 5.97 Å². The molecule has 0 fully saturated rings. The Morgan fingerprint density at radius 3 is 1.40 bits per heavy atom. The van der Waals surface area contributed by atoms with Crippen LogP contribution in [0.2, 0.25) is 0 Å². The van der Waals surface area contributed by atoms with Gasteiger partial charge in [0.1, 0.15) is 0 Å². The molecule has 0 atom stereocenters. The van der Waals surface area contributed by atoms with E-state index in [1.54, 1.807) is 0 Å². The molecule has 2 N–H and O–H groups in total. The van der Waals surface area contributed by atoms with Crippen molar-refractivity contribution in [3.8, 4) is 0 Å². The Morgan fingerprint density at radius 1 is 0.680 bits per heavy atom. The van der Waals surface area contributed by atoms with Crippen molar-refractivity contribution in [1.82, 2.24) is 0 Å². The van der Waals surface area contributed by atoms with E-state index < -0.39 is 0 Å². The summed E-state index contributed by atoms with van der Waals surface area (Å²) in [7, 11) is 0. The summed E-state index contributed by atoms with van der Waals surface area (Å²) in [6, 6.07) is 0. The number of carbonyl (C=O) groups excluding carboxylic acids is 1. The molecular weight excluding hydrogens is 310 g/mol. The van der Waals surface area contributed by atoms with Gasteiger partial charge in [0.05, 0.1) is 6.42 Å². The van der Waals surface area contributed by atoms with Crippen molar-refractivity contribution in [1.29, 1.82) is 0 Å². The van der Waals surface area contributed by atoms with Gasteiger partial charge in [-0.05, 0) is 44.9 Å². The number of nitrogens with two attached hydrogens (primary N) is 1. The average Bonchev–Trinajstić information content (AvgIpc) is 2.63. The topological polar surface area (TPSA) is 52.3 Å². The van der Waals surface area contributed by atoms with Crippen LogP contribution in [0.15, 0.2) is 72.9 Å². The van der Waals surface area contributed by atoms with Crippen LogP contribution >= 0.6 is 0 Å². The van der Waals surface area contributed by atoms with Crippen LogP contribution in [0.25, 0.3) is 0 Å². The molecule has 0 radical (unpaired) electrons. The van der Waals surface area contributed by atoms with Crippen LogP contribution in [0.3, 0.4) is 0 Å². The maximum absolute atomic E-state index is 10.8. The van der Waals surface area contributed by atoms with Crippen molar-refractivity contribution in [3.05, 3.63) is 72.9 Å². The van der Waals surface area contributed by atoms with E-state index in [2.05, 4.69) is 72.5 Å². The van der Waals surface area contributed by atoms with Gasteiger partial charge in [0.15, 0.2) is 0 Å². The van der Waals surface area contributed by atoms with Crippen LogP contribution in [0.4, 0.5) is 0 Å². The first-order valence-electron chi connectivity index (χ1n) is 9.10. The Balaban J connectivity index is 3.53. The summed E-state index contributed by atoms with van der Waals surface area (Å²) < 4.78 is 0. The van der Waals surface area contributed by atoms with Gasteiger partial charge in [0.2, 0.25) is 0 Å². The fourth-order valence-electron chi connectivity index (χ4n) is 1.90. The second-order valence-corrected chi connectivity index (χ2v) is 5.44. The van der Waals surface area contributed by atoms with Crippen LogP contribution in [-0.2, 0) is 9.63 Å². The predicted octanol–water partition coefficient (Wildman–Crippen LogP) is 5.88. The summed E-state index contributed by atoms with van der Waals surface area (Å²) in [5, 5.41) is 0. The summed E-state index contributed by atoms with van der Waals surface area (Å²) in [6.07, 6.45) is 32.8. The molecule has 0 aromatic heterocycles. The summed E-state index contributed by atoms with van der Waals surface area (Å²) in [5.41, 5.74) is 0. The van der Waals surface area contributed by atoms with Gasteiger partial charge in [0, 0.05) is 0 Å². The zero-order chi connectivity index (χ0) is 18.4. The van der Waals surface area contributed by atoms with Crippen LogP contribution in [0.1, 0.15) is 58.3 Å². The monoisotopic (exact) mass is 343 g/mol. The molecule has 0 unspecified atom stereocenters. The highest BCUT2D eigenvalue weighted by molar-refractivity contribution is 5.69. The smallest absolute Gasteiger partial charge is 0.324 e. The number of allylic oxidation sites excluding steroid dienone is 12. The first-order chi connectivity index (χ1) is 12.3. The molecule has 3 nitrogen and oxygen atoms in total. The van der Waals surface area contributed by atoms with Crippen molar-refractivity contribution in [2.24, 2.45) is 5.90 Å². The van der Waals surface area contributed by atoms with E-state index in [1.165, 1.54) is 0 Å². The van der Waals surface area contributed by atoms with Gasteiger partial charge in [-0.25, -0.2) is 0 Å². The van der Waals surface area contributed by atoms with E-state index in [9.17, 15) is 4.79 Å². The molecule has 0 bridgehead atoms. The first-order valence-corrected chi connectivity index (χ1v) is 9.10. The van der Waals surface area contributed by atoms with Crippen molar-refractivity contribution in [3.63, 3.8) is 0 Å². The highest BCUT2D eigenvalue weighted by Gasteiger charge is 1.95. The molecular formula is C22H33NO2. The van der Waals surface area contributed by atoms with Gasteiger partial charge in [-0.1, -0.05) is 79.8 Å². The largest absolute Gasteiger partial charge is 0.373 e. The third kappa shape index (κ3) is 19.8. The number of carbonyl (C=O) groups is 1. The lowest BCUT2D eigenvalue weighted by molar-refractivity contribution is -0.144. The molecule has 0 saturated heterocycles. The molecule has 3 heteroatoms. The number of rotatable bonds is 14. The van der Waals surface area contributed by atoms with E-state index >= 15 is 0 Å². The van der Waals surface area contributed by atoms with Crippen LogP contribution in [0.5, 0.6) is 0 Å². The lowest BCUT2D eigenvalue weighted by Gasteiger charge is -1.92. The van der Waals surface area contributed by atoms with E-state index in [0.717, 1.165) is 38.5 Å². The lowest BCUT2D eigenvalue weighted by atomic mass is 10.2. The van der Waals surface area contributed by atoms with Crippen molar-refractivity contribution in [2.45, 2.75) is 58.3 Å². The Morgan fingerprint density at radius 2 is 1.04 bits per heavy atom. The van der Waals surface area contributed by atoms with Gasteiger partial charge in [-0.3, -0.25) is 4.79 Å². The third-order valence-corrected chi connectivity index (χ3v) is 3.24. The highest BCUT2D eigenvalue weighted by atomic mass is 16.7. The summed E-state index contributed by atoms with van der Waals surface area (Å²) >= 11 is 0. The van der Waals surface area contributed by atoms with Gasteiger partial charge in [-0.2, -0.15) is 5.90 Å². The third-order valence-electron chi connectivity index (χ3n) is 3.24. The standard InChI is InChI=1S/C22H33NO2/c1-2-3-4-5-6-7-8-9-10-11-12-13-14-15-16-17-18-19-20-21-22(24)25-23/h3-4,6-7,9-10,12-13,15-16,18-19H,2,5,8,11,14,17,20-21,23H2,1H3/b4-3-,7-6-,10-9-,13-12-,16-15-,19-18-. The minimum absolute atomic E-state index is 0.332. The van der Waals surface area contributed by atoms with Crippen molar-refractivity contribution in [2.75, 3.05) is 0 Å². The van der Waals surface area contributed by atoms with Gasteiger partial charge in [0.25, 0.3) is 0 Å². The first kappa shape index (κ1) is 22.9. The average molecular weight is 344 g/mol. The molecule has 0 aromatic rings. The Kier molecular flexibility index (Phi) is 18.2. The van der Waals surface area contributed by atoms with Crippen LogP contribution in [0, 0.1) is 0 Å². The molecule has 0 saturated carbocycles. The molecule has 0 aliphatic rings. The number of hydrogen-bond acceptors (Lipinski definition) is 3. The van der Waals surface area contributed by atoms with Crippen molar-refractivity contribution >= 4 is 5.97 Å². The zero-order valence-corrected chi connectivity index (χ0v) is 15.5. The maximum Gasteiger partial charge on any atom is 0.324 e. The highest BCUT2D eigenvalue weighted by Crippen LogP contribution is 1.98. The van der Waals surface area contributed by atoms with E-state index in [0.29, 0.717) is 12.8 Å². The van der Waals surface area contributed by atoms with Gasteiger partial charge in [-0.15, -0.1) is 0 Å². The van der Waals surface area contributed by atoms with Crippen molar-refractivity contribution < 1.29 is 9.63 Å². The molecule has 138 valence electrons. The summed E-state index contributed by atoms with van der Waals surface area (Å²) in [4.78, 5) is 14.9. The molecule has 0 aliphatic heterocycles. The van der Waals surface area contributed by atoms with Crippen LogP contribution < -0.4 is 5.90 Å². The second-order valence-electron chi connectivity index (χ2n) is 5.44. The predicted molar refractivity (Wildman–Crippen MR) is 108 cm³/mol. The van der Waals surface area contributed by atoms with Crippen LogP contribution in [-0.4, -0.2) is 5.97 Å². The normalized spacial score (nSPS) is 12.9. The molecule has 0 aliphatic carbocycles. The Hall–Kier alpha value is -2.13. The van der Waals surface area contributed by atoms with E-state index in [-0.39, 0.29) is 5.97 Å². The molecule has 25 heavy (non-hydrogen) atoms. The molecule has 0 heterocycles. The fourth-order valence-corrected chi connectivity index (χ4v) is 1.90. The Bertz CT molecular complexity index is 482. The molecule has 0 rings (SSSR count).